The minimum absolute atomic E-state index is 0.0319. The molecule has 0 fully saturated rings. The zero-order valence-electron chi connectivity index (χ0n) is 17.6. The fourth-order valence-corrected chi connectivity index (χ4v) is 4.93. The van der Waals surface area contributed by atoms with Crippen molar-refractivity contribution in [3.63, 3.8) is 0 Å². The molecule has 10 nitrogen and oxygen atoms in total. The summed E-state index contributed by atoms with van der Waals surface area (Å²) in [6.45, 7) is 2.96. The molecule has 172 valence electrons. The first kappa shape index (κ1) is 22.7. The highest BCUT2D eigenvalue weighted by Gasteiger charge is 2.23. The van der Waals surface area contributed by atoms with Gasteiger partial charge in [0.05, 0.1) is 16.6 Å². The standard InChI is InChI=1S/C21H20N4O6S2/c1-12(25-33(28,29)16-6-4-15(5-7-16)22-13(2)26)20(27)24-21-23-17(10-32-21)14-3-8-18-19(9-14)31-11-30-18/h3-10,12,25H,11H2,1-2H3,(H,22,26)(H,23,24,27). The van der Waals surface area contributed by atoms with Gasteiger partial charge in [-0.05, 0) is 49.4 Å². The maximum atomic E-state index is 12.6. The molecule has 0 saturated heterocycles. The number of fused-ring (bicyclic) bond motifs is 1. The van der Waals surface area contributed by atoms with Crippen LogP contribution in [-0.2, 0) is 19.6 Å². The Labute approximate surface area is 194 Å². The fourth-order valence-electron chi connectivity index (χ4n) is 3.01. The Morgan fingerprint density at radius 3 is 2.52 bits per heavy atom. The number of thiazole rings is 1. The molecule has 1 atom stereocenters. The van der Waals surface area contributed by atoms with Crippen LogP contribution in [0.4, 0.5) is 10.8 Å². The number of benzene rings is 2. The van der Waals surface area contributed by atoms with E-state index in [2.05, 4.69) is 20.3 Å². The van der Waals surface area contributed by atoms with Crippen LogP contribution in [0, 0.1) is 0 Å². The van der Waals surface area contributed by atoms with Crippen LogP contribution in [0.2, 0.25) is 0 Å². The number of nitrogens with zero attached hydrogens (tertiary/aromatic N) is 1. The van der Waals surface area contributed by atoms with Crippen LogP contribution in [0.1, 0.15) is 13.8 Å². The Bertz CT molecular complexity index is 1300. The van der Waals surface area contributed by atoms with Crippen LogP contribution in [0.15, 0.2) is 52.7 Å². The molecule has 1 aliphatic heterocycles. The molecule has 2 aromatic carbocycles. The highest BCUT2D eigenvalue weighted by Crippen LogP contribution is 2.36. The van der Waals surface area contributed by atoms with Gasteiger partial charge in [-0.25, -0.2) is 13.4 Å². The summed E-state index contributed by atoms with van der Waals surface area (Å²) in [5, 5.41) is 7.29. The molecule has 0 saturated carbocycles. The van der Waals surface area contributed by atoms with Crippen LogP contribution in [-0.4, -0.2) is 38.1 Å². The van der Waals surface area contributed by atoms with Crippen molar-refractivity contribution in [3.8, 4) is 22.8 Å². The topological polar surface area (TPSA) is 136 Å². The number of hydrogen-bond donors (Lipinski definition) is 3. The van der Waals surface area contributed by atoms with E-state index in [0.717, 1.165) is 5.56 Å². The number of hydrogen-bond acceptors (Lipinski definition) is 8. The van der Waals surface area contributed by atoms with Gasteiger partial charge in [0.2, 0.25) is 28.6 Å². The van der Waals surface area contributed by atoms with Gasteiger partial charge in [0.1, 0.15) is 0 Å². The molecule has 1 aliphatic rings. The number of nitrogens with one attached hydrogen (secondary N) is 3. The second-order valence-corrected chi connectivity index (χ2v) is 9.72. The fraction of sp³-hybridized carbons (Fsp3) is 0.190. The first-order chi connectivity index (χ1) is 15.7. The molecule has 3 N–H and O–H groups in total. The first-order valence-corrected chi connectivity index (χ1v) is 12.1. The number of ether oxygens (including phenoxy) is 2. The van der Waals surface area contributed by atoms with E-state index in [4.69, 9.17) is 9.47 Å². The van der Waals surface area contributed by atoms with Crippen LogP contribution in [0.5, 0.6) is 11.5 Å². The average Bonchev–Trinajstić information content (AvgIpc) is 3.42. The number of carbonyl (C=O) groups is 2. The van der Waals surface area contributed by atoms with Crippen LogP contribution < -0.4 is 24.8 Å². The Balaban J connectivity index is 1.39. The summed E-state index contributed by atoms with van der Waals surface area (Å²) in [6, 6.07) is 9.99. The smallest absolute Gasteiger partial charge is 0.244 e. The molecule has 3 aromatic rings. The van der Waals surface area contributed by atoms with E-state index in [1.807, 2.05) is 6.07 Å². The first-order valence-electron chi connectivity index (χ1n) is 9.78. The van der Waals surface area contributed by atoms with Crippen LogP contribution in [0.25, 0.3) is 11.3 Å². The summed E-state index contributed by atoms with van der Waals surface area (Å²) in [6.07, 6.45) is 0. The van der Waals surface area contributed by atoms with Gasteiger partial charge in [0, 0.05) is 23.6 Å². The van der Waals surface area contributed by atoms with E-state index in [0.29, 0.717) is 28.0 Å². The lowest BCUT2D eigenvalue weighted by molar-refractivity contribution is -0.117. The lowest BCUT2D eigenvalue weighted by Crippen LogP contribution is -2.41. The Hall–Kier alpha value is -3.48. The van der Waals surface area contributed by atoms with Gasteiger partial charge in [-0.3, -0.25) is 9.59 Å². The van der Waals surface area contributed by atoms with Gasteiger partial charge in [-0.1, -0.05) is 0 Å². The number of carbonyl (C=O) groups excluding carboxylic acids is 2. The van der Waals surface area contributed by atoms with Gasteiger partial charge in [-0.2, -0.15) is 4.72 Å². The number of sulfonamides is 1. The molecule has 4 rings (SSSR count). The zero-order chi connectivity index (χ0) is 23.6. The summed E-state index contributed by atoms with van der Waals surface area (Å²) in [4.78, 5) is 28.0. The molecule has 2 amide bonds. The maximum absolute atomic E-state index is 12.6. The van der Waals surface area contributed by atoms with Crippen LogP contribution >= 0.6 is 11.3 Å². The van der Waals surface area contributed by atoms with Crippen LogP contribution in [0.3, 0.4) is 0 Å². The molecule has 0 spiro atoms. The second kappa shape index (κ2) is 9.17. The summed E-state index contributed by atoms with van der Waals surface area (Å²) >= 11 is 1.22. The van der Waals surface area contributed by atoms with E-state index in [1.54, 1.807) is 17.5 Å². The Morgan fingerprint density at radius 2 is 1.79 bits per heavy atom. The lowest BCUT2D eigenvalue weighted by Gasteiger charge is -2.14. The predicted molar refractivity (Wildman–Crippen MR) is 123 cm³/mol. The summed E-state index contributed by atoms with van der Waals surface area (Å²) < 4.78 is 38.2. The minimum atomic E-state index is -3.95. The van der Waals surface area contributed by atoms with Gasteiger partial charge < -0.3 is 20.1 Å². The van der Waals surface area contributed by atoms with Crippen molar-refractivity contribution < 1.29 is 27.5 Å². The van der Waals surface area contributed by atoms with E-state index in [1.165, 1.54) is 49.4 Å². The van der Waals surface area contributed by atoms with E-state index < -0.39 is 22.0 Å². The average molecular weight is 489 g/mol. The zero-order valence-corrected chi connectivity index (χ0v) is 19.2. The Kier molecular flexibility index (Phi) is 6.31. The summed E-state index contributed by atoms with van der Waals surface area (Å²) in [5.41, 5.74) is 1.91. The van der Waals surface area contributed by atoms with Crippen molar-refractivity contribution in [2.45, 2.75) is 24.8 Å². The van der Waals surface area contributed by atoms with Crippen molar-refractivity contribution >= 4 is 44.0 Å². The van der Waals surface area contributed by atoms with Gasteiger partial charge in [0.15, 0.2) is 16.6 Å². The van der Waals surface area contributed by atoms with Crippen molar-refractivity contribution in [3.05, 3.63) is 47.8 Å². The third kappa shape index (κ3) is 5.30. The number of anilines is 2. The minimum Gasteiger partial charge on any atom is -0.454 e. The van der Waals surface area contributed by atoms with E-state index >= 15 is 0 Å². The number of aromatic nitrogens is 1. The maximum Gasteiger partial charge on any atom is 0.244 e. The molecular weight excluding hydrogens is 468 g/mol. The highest BCUT2D eigenvalue weighted by molar-refractivity contribution is 7.89. The molecule has 2 heterocycles. The van der Waals surface area contributed by atoms with Crippen molar-refractivity contribution in [1.82, 2.24) is 9.71 Å². The second-order valence-electron chi connectivity index (χ2n) is 7.14. The molecule has 1 unspecified atom stereocenters. The third-order valence-electron chi connectivity index (χ3n) is 4.61. The number of amides is 2. The molecule has 0 aliphatic carbocycles. The van der Waals surface area contributed by atoms with Crippen molar-refractivity contribution in [2.24, 2.45) is 0 Å². The third-order valence-corrected chi connectivity index (χ3v) is 6.93. The number of rotatable bonds is 7. The lowest BCUT2D eigenvalue weighted by atomic mass is 10.1. The predicted octanol–water partition coefficient (Wildman–Crippen LogP) is 2.80. The SMILES string of the molecule is CC(=O)Nc1ccc(S(=O)(=O)NC(C)C(=O)Nc2nc(-c3ccc4c(c3)OCO4)cs2)cc1. The van der Waals surface area contributed by atoms with E-state index in [-0.39, 0.29) is 17.6 Å². The summed E-state index contributed by atoms with van der Waals surface area (Å²) in [5.74, 6) is 0.463. The quantitative estimate of drug-likeness (QED) is 0.465. The van der Waals surface area contributed by atoms with E-state index in [9.17, 15) is 18.0 Å². The Morgan fingerprint density at radius 1 is 1.06 bits per heavy atom. The largest absolute Gasteiger partial charge is 0.454 e. The van der Waals surface area contributed by atoms with Gasteiger partial charge >= 0.3 is 0 Å². The molecular formula is C21H20N4O6S2. The van der Waals surface area contributed by atoms with Gasteiger partial charge in [0.25, 0.3) is 0 Å². The summed E-state index contributed by atoms with van der Waals surface area (Å²) in [7, 11) is -3.95. The molecule has 0 radical (unpaired) electrons. The van der Waals surface area contributed by atoms with Crippen molar-refractivity contribution in [1.29, 1.82) is 0 Å². The molecule has 33 heavy (non-hydrogen) atoms. The monoisotopic (exact) mass is 488 g/mol. The normalized spacial score (nSPS) is 13.4. The molecule has 0 bridgehead atoms. The highest BCUT2D eigenvalue weighted by atomic mass is 32.2. The van der Waals surface area contributed by atoms with Crippen molar-refractivity contribution in [2.75, 3.05) is 17.4 Å². The van der Waals surface area contributed by atoms with Gasteiger partial charge in [-0.15, -0.1) is 11.3 Å². The molecule has 1 aromatic heterocycles. The molecule has 12 heteroatoms.